The van der Waals surface area contributed by atoms with Crippen molar-refractivity contribution in [3.8, 4) is 0 Å². The monoisotopic (exact) mass is 473 g/mol. The number of amides is 1. The number of nitrogens with two attached hydrogens (primary N) is 2. The van der Waals surface area contributed by atoms with E-state index in [9.17, 15) is 18.0 Å². The van der Waals surface area contributed by atoms with Gasteiger partial charge in [0.15, 0.2) is 5.17 Å². The van der Waals surface area contributed by atoms with Gasteiger partial charge in [0, 0.05) is 30.4 Å². The van der Waals surface area contributed by atoms with Crippen LogP contribution >= 0.6 is 11.8 Å². The Morgan fingerprint density at radius 3 is 2.58 bits per heavy atom. The number of thioether (sulfide) groups is 1. The van der Waals surface area contributed by atoms with Gasteiger partial charge < -0.3 is 16.8 Å². The van der Waals surface area contributed by atoms with Gasteiger partial charge in [-0.15, -0.1) is 0 Å². The van der Waals surface area contributed by atoms with Crippen LogP contribution in [0.4, 0.5) is 13.2 Å². The summed E-state index contributed by atoms with van der Waals surface area (Å²) in [5, 5.41) is 5.44. The number of fused-ring (bicyclic) bond motifs is 1. The van der Waals surface area contributed by atoms with E-state index in [1.807, 2.05) is 24.3 Å². The fourth-order valence-corrected chi connectivity index (χ4v) is 4.85. The zero-order chi connectivity index (χ0) is 23.6. The van der Waals surface area contributed by atoms with E-state index in [0.717, 1.165) is 28.5 Å². The summed E-state index contributed by atoms with van der Waals surface area (Å²) >= 11 is 1.40. The second kappa shape index (κ2) is 9.40. The van der Waals surface area contributed by atoms with Gasteiger partial charge in [-0.1, -0.05) is 36.0 Å². The molecule has 5 N–H and O–H groups in total. The third-order valence-corrected chi connectivity index (χ3v) is 6.62. The van der Waals surface area contributed by atoms with Crippen LogP contribution < -0.4 is 16.8 Å². The molecule has 2 aromatic carbocycles. The predicted molar refractivity (Wildman–Crippen MR) is 124 cm³/mol. The van der Waals surface area contributed by atoms with E-state index in [2.05, 4.69) is 15.3 Å². The lowest BCUT2D eigenvalue weighted by molar-refractivity contribution is -0.137. The minimum atomic E-state index is -4.37. The quantitative estimate of drug-likeness (QED) is 0.509. The first kappa shape index (κ1) is 23.1. The number of benzene rings is 2. The number of primary amides is 1. The molecule has 33 heavy (non-hydrogen) atoms. The Morgan fingerprint density at radius 1 is 1.12 bits per heavy atom. The molecule has 0 aliphatic carbocycles. The van der Waals surface area contributed by atoms with Crippen LogP contribution in [0.5, 0.6) is 0 Å². The van der Waals surface area contributed by atoms with Gasteiger partial charge in [-0.3, -0.25) is 9.78 Å². The molecule has 1 aliphatic rings. The third-order valence-electron chi connectivity index (χ3n) is 5.36. The Morgan fingerprint density at radius 2 is 1.88 bits per heavy atom. The molecule has 1 aromatic heterocycles. The molecule has 0 saturated heterocycles. The number of nitrogens with one attached hydrogen (secondary N) is 1. The number of alkyl halides is 3. The fourth-order valence-electron chi connectivity index (χ4n) is 3.66. The zero-order valence-electron chi connectivity index (χ0n) is 17.4. The maximum Gasteiger partial charge on any atom is 0.416 e. The normalized spacial score (nSPS) is 19.3. The number of nitrogens with zero attached hydrogens (tertiary/aromatic N) is 2. The number of pyridine rings is 1. The smallest absolute Gasteiger partial charge is 0.368 e. The molecule has 3 aromatic rings. The molecular formula is C23H22F3N5OS. The fraction of sp³-hybridized carbons (Fsp3) is 0.261. The van der Waals surface area contributed by atoms with Crippen LogP contribution in [-0.4, -0.2) is 34.7 Å². The van der Waals surface area contributed by atoms with Crippen molar-refractivity contribution in [2.75, 3.05) is 6.54 Å². The van der Waals surface area contributed by atoms with E-state index < -0.39 is 23.7 Å². The second-order valence-corrected chi connectivity index (χ2v) is 8.97. The zero-order valence-corrected chi connectivity index (χ0v) is 18.2. The molecule has 3 atom stereocenters. The number of hydrogen-bond donors (Lipinski definition) is 3. The maximum absolute atomic E-state index is 12.7. The number of carbonyl (C=O) groups is 1. The van der Waals surface area contributed by atoms with Crippen LogP contribution in [0.2, 0.25) is 0 Å². The van der Waals surface area contributed by atoms with Crippen LogP contribution in [0, 0.1) is 0 Å². The van der Waals surface area contributed by atoms with Gasteiger partial charge in [0.25, 0.3) is 0 Å². The van der Waals surface area contributed by atoms with Crippen molar-refractivity contribution >= 4 is 33.6 Å². The van der Waals surface area contributed by atoms with Crippen molar-refractivity contribution in [1.82, 2.24) is 10.3 Å². The third kappa shape index (κ3) is 5.45. The Kier molecular flexibility index (Phi) is 6.57. The van der Waals surface area contributed by atoms with Crippen molar-refractivity contribution in [2.45, 2.75) is 29.9 Å². The molecule has 172 valence electrons. The van der Waals surface area contributed by atoms with Crippen molar-refractivity contribution in [3.05, 3.63) is 77.6 Å². The number of amidine groups is 1. The molecule has 1 aliphatic heterocycles. The topological polar surface area (TPSA) is 106 Å². The van der Waals surface area contributed by atoms with Crippen LogP contribution in [0.3, 0.4) is 0 Å². The number of carbonyl (C=O) groups excluding carboxylic acids is 1. The summed E-state index contributed by atoms with van der Waals surface area (Å²) < 4.78 is 38.1. The van der Waals surface area contributed by atoms with Gasteiger partial charge in [0.05, 0.1) is 10.8 Å². The van der Waals surface area contributed by atoms with Crippen LogP contribution in [0.15, 0.2) is 65.9 Å². The van der Waals surface area contributed by atoms with E-state index >= 15 is 0 Å². The average molecular weight is 474 g/mol. The molecule has 10 heteroatoms. The summed E-state index contributed by atoms with van der Waals surface area (Å²) in [5.74, 6) is -0.520. The van der Waals surface area contributed by atoms with Gasteiger partial charge in [0.1, 0.15) is 6.04 Å². The largest absolute Gasteiger partial charge is 0.416 e. The molecule has 0 spiro atoms. The first-order valence-corrected chi connectivity index (χ1v) is 11.1. The molecule has 0 radical (unpaired) electrons. The number of halogens is 3. The van der Waals surface area contributed by atoms with E-state index in [1.54, 1.807) is 12.4 Å². The first-order chi connectivity index (χ1) is 15.7. The average Bonchev–Trinajstić information content (AvgIpc) is 3.22. The highest BCUT2D eigenvalue weighted by Gasteiger charge is 2.35. The van der Waals surface area contributed by atoms with Gasteiger partial charge in [-0.05, 0) is 47.2 Å². The summed E-state index contributed by atoms with van der Waals surface area (Å²) in [4.78, 5) is 20.6. The molecule has 4 rings (SSSR count). The Labute approximate surface area is 192 Å². The Hall–Kier alpha value is -3.11. The standard InChI is InChI=1S/C23H22F3N5OS/c24-23(25,26)17-5-1-13(2-6-17)9-18(27)12-30-22-31-19(21(28)32)20(33-22)15-3-4-16-11-29-8-7-14(16)10-15/h1-8,10-11,18-20H,9,12,27H2,(H2,28,32)(H,30,31)/t18-,19?,20?/m0/s1. The number of rotatable bonds is 6. The van der Waals surface area contributed by atoms with Crippen molar-refractivity contribution < 1.29 is 18.0 Å². The number of aromatic nitrogens is 1. The van der Waals surface area contributed by atoms with Crippen LogP contribution in [0.25, 0.3) is 10.8 Å². The van der Waals surface area contributed by atoms with E-state index in [1.165, 1.54) is 23.9 Å². The molecule has 0 bridgehead atoms. The SMILES string of the molecule is NC(=O)C1N=C(NC[C@@H](N)Cc2ccc(C(F)(F)F)cc2)SC1c1ccc2cnccc2c1. The van der Waals surface area contributed by atoms with Gasteiger partial charge in [-0.25, -0.2) is 4.99 Å². The summed E-state index contributed by atoms with van der Waals surface area (Å²) in [6.45, 7) is 0.342. The molecule has 6 nitrogen and oxygen atoms in total. The van der Waals surface area contributed by atoms with Gasteiger partial charge in [0.2, 0.25) is 5.91 Å². The van der Waals surface area contributed by atoms with E-state index in [4.69, 9.17) is 11.5 Å². The van der Waals surface area contributed by atoms with Crippen molar-refractivity contribution in [3.63, 3.8) is 0 Å². The second-order valence-electron chi connectivity index (χ2n) is 7.84. The summed E-state index contributed by atoms with van der Waals surface area (Å²) in [7, 11) is 0. The van der Waals surface area contributed by atoms with Crippen LogP contribution in [0.1, 0.15) is 21.9 Å². The predicted octanol–water partition coefficient (Wildman–Crippen LogP) is 3.41. The van der Waals surface area contributed by atoms with Gasteiger partial charge >= 0.3 is 6.18 Å². The number of hydrogen-bond acceptors (Lipinski definition) is 6. The number of aliphatic imine (C=N–C) groups is 1. The lowest BCUT2D eigenvalue weighted by Crippen LogP contribution is -2.37. The molecule has 0 saturated carbocycles. The van der Waals surface area contributed by atoms with E-state index in [0.29, 0.717) is 23.7 Å². The molecule has 1 amide bonds. The van der Waals surface area contributed by atoms with E-state index in [-0.39, 0.29) is 11.3 Å². The Bertz CT molecular complexity index is 1180. The van der Waals surface area contributed by atoms with Gasteiger partial charge in [-0.2, -0.15) is 13.2 Å². The summed E-state index contributed by atoms with van der Waals surface area (Å²) in [5.41, 5.74) is 12.7. The molecular weight excluding hydrogens is 451 g/mol. The highest BCUT2D eigenvalue weighted by Crippen LogP contribution is 2.40. The molecule has 0 fully saturated rings. The lowest BCUT2D eigenvalue weighted by atomic mass is 10.0. The highest BCUT2D eigenvalue weighted by molar-refractivity contribution is 8.14. The first-order valence-electron chi connectivity index (χ1n) is 10.2. The minimum Gasteiger partial charge on any atom is -0.368 e. The molecule has 2 unspecified atom stereocenters. The van der Waals surface area contributed by atoms with Crippen LogP contribution in [-0.2, 0) is 17.4 Å². The maximum atomic E-state index is 12.7. The summed E-state index contributed by atoms with van der Waals surface area (Å²) in [6.07, 6.45) is -0.491. The molecule has 2 heterocycles. The Balaban J connectivity index is 1.38. The lowest BCUT2D eigenvalue weighted by Gasteiger charge is -2.16. The van der Waals surface area contributed by atoms with Crippen molar-refractivity contribution in [1.29, 1.82) is 0 Å². The minimum absolute atomic E-state index is 0.270. The van der Waals surface area contributed by atoms with Crippen molar-refractivity contribution in [2.24, 2.45) is 16.5 Å². The highest BCUT2D eigenvalue weighted by atomic mass is 32.2. The summed E-state index contributed by atoms with van der Waals surface area (Å²) in [6, 6.07) is 11.7.